The molecule has 2 heterocycles. The fourth-order valence-electron chi connectivity index (χ4n) is 4.01. The first-order chi connectivity index (χ1) is 11.8. The van der Waals surface area contributed by atoms with E-state index >= 15 is 0 Å². The van der Waals surface area contributed by atoms with E-state index in [-0.39, 0.29) is 0 Å². The first-order valence-corrected chi connectivity index (χ1v) is 9.37. The number of nitrogens with zero attached hydrogens (tertiary/aromatic N) is 1. The summed E-state index contributed by atoms with van der Waals surface area (Å²) in [6.07, 6.45) is 7.89. The SMILES string of the molecule is Cc1ccc(-c2ccc3c(c2)OCCCO3)n1CC1CCCCC1. The second-order valence-corrected chi connectivity index (χ2v) is 7.19. The number of hydrogen-bond acceptors (Lipinski definition) is 2. The third-order valence-electron chi connectivity index (χ3n) is 5.41. The Bertz CT molecular complexity index is 698. The molecule has 3 heteroatoms. The highest BCUT2D eigenvalue weighted by molar-refractivity contribution is 5.65. The number of ether oxygens (including phenoxy) is 2. The molecule has 1 aliphatic heterocycles. The molecule has 2 aromatic rings. The third kappa shape index (κ3) is 3.17. The Morgan fingerprint density at radius 3 is 2.54 bits per heavy atom. The Hall–Kier alpha value is -1.90. The molecule has 0 amide bonds. The van der Waals surface area contributed by atoms with Gasteiger partial charge in [-0.2, -0.15) is 0 Å². The Labute approximate surface area is 144 Å². The number of rotatable bonds is 3. The zero-order valence-electron chi connectivity index (χ0n) is 14.6. The highest BCUT2D eigenvalue weighted by atomic mass is 16.5. The molecule has 0 atom stereocenters. The summed E-state index contributed by atoms with van der Waals surface area (Å²) >= 11 is 0. The summed E-state index contributed by atoms with van der Waals surface area (Å²) in [6.45, 7) is 4.83. The van der Waals surface area contributed by atoms with Crippen molar-refractivity contribution in [3.05, 3.63) is 36.0 Å². The lowest BCUT2D eigenvalue weighted by Crippen LogP contribution is -2.15. The van der Waals surface area contributed by atoms with Gasteiger partial charge in [0.15, 0.2) is 11.5 Å². The first kappa shape index (κ1) is 15.6. The van der Waals surface area contributed by atoms with Gasteiger partial charge in [0.1, 0.15) is 0 Å². The van der Waals surface area contributed by atoms with E-state index in [9.17, 15) is 0 Å². The maximum absolute atomic E-state index is 5.87. The molecular weight excluding hydrogens is 298 g/mol. The van der Waals surface area contributed by atoms with Gasteiger partial charge in [0.05, 0.1) is 13.2 Å². The average Bonchev–Trinajstić information content (AvgIpc) is 2.83. The Morgan fingerprint density at radius 2 is 1.71 bits per heavy atom. The van der Waals surface area contributed by atoms with Crippen LogP contribution >= 0.6 is 0 Å². The van der Waals surface area contributed by atoms with E-state index in [2.05, 4.69) is 41.8 Å². The van der Waals surface area contributed by atoms with E-state index in [0.717, 1.165) is 43.6 Å². The van der Waals surface area contributed by atoms with Crippen LogP contribution in [-0.4, -0.2) is 17.8 Å². The summed E-state index contributed by atoms with van der Waals surface area (Å²) in [6, 6.07) is 10.9. The van der Waals surface area contributed by atoms with Crippen LogP contribution < -0.4 is 9.47 Å². The molecule has 4 rings (SSSR count). The van der Waals surface area contributed by atoms with E-state index in [1.165, 1.54) is 49.1 Å². The molecular formula is C21H27NO2. The molecule has 0 bridgehead atoms. The smallest absolute Gasteiger partial charge is 0.161 e. The van der Waals surface area contributed by atoms with Crippen LogP contribution in [0.5, 0.6) is 11.5 Å². The summed E-state index contributed by atoms with van der Waals surface area (Å²) in [5.41, 5.74) is 3.87. The van der Waals surface area contributed by atoms with Gasteiger partial charge in [-0.05, 0) is 56.0 Å². The van der Waals surface area contributed by atoms with E-state index < -0.39 is 0 Å². The Balaban J connectivity index is 1.63. The van der Waals surface area contributed by atoms with Crippen LogP contribution in [0.25, 0.3) is 11.3 Å². The van der Waals surface area contributed by atoms with Gasteiger partial charge in [-0.3, -0.25) is 0 Å². The highest BCUT2D eigenvalue weighted by Crippen LogP contribution is 2.35. The summed E-state index contributed by atoms with van der Waals surface area (Å²) in [7, 11) is 0. The zero-order chi connectivity index (χ0) is 16.4. The third-order valence-corrected chi connectivity index (χ3v) is 5.41. The lowest BCUT2D eigenvalue weighted by Gasteiger charge is -2.24. The van der Waals surface area contributed by atoms with Crippen molar-refractivity contribution in [1.29, 1.82) is 0 Å². The van der Waals surface area contributed by atoms with Crippen molar-refractivity contribution >= 4 is 0 Å². The van der Waals surface area contributed by atoms with E-state index in [1.54, 1.807) is 0 Å². The minimum Gasteiger partial charge on any atom is -0.490 e. The number of fused-ring (bicyclic) bond motifs is 1. The van der Waals surface area contributed by atoms with Crippen molar-refractivity contribution in [1.82, 2.24) is 4.57 Å². The van der Waals surface area contributed by atoms with Crippen molar-refractivity contribution in [3.8, 4) is 22.8 Å². The molecule has 0 N–H and O–H groups in total. The molecule has 1 aromatic carbocycles. The van der Waals surface area contributed by atoms with Crippen LogP contribution in [0.3, 0.4) is 0 Å². The predicted octanol–water partition coefficient (Wildman–Crippen LogP) is 5.21. The number of aryl methyl sites for hydroxylation is 1. The summed E-state index contributed by atoms with van der Waals surface area (Å²) in [4.78, 5) is 0. The lowest BCUT2D eigenvalue weighted by molar-refractivity contribution is 0.297. The predicted molar refractivity (Wildman–Crippen MR) is 96.8 cm³/mol. The molecule has 0 saturated heterocycles. The molecule has 0 unspecified atom stereocenters. The topological polar surface area (TPSA) is 23.4 Å². The summed E-state index contributed by atoms with van der Waals surface area (Å²) in [5.74, 6) is 2.58. The maximum Gasteiger partial charge on any atom is 0.161 e. The monoisotopic (exact) mass is 325 g/mol. The largest absolute Gasteiger partial charge is 0.490 e. The van der Waals surface area contributed by atoms with Crippen molar-refractivity contribution in [2.24, 2.45) is 5.92 Å². The molecule has 0 radical (unpaired) electrons. The van der Waals surface area contributed by atoms with Crippen LogP contribution in [-0.2, 0) is 6.54 Å². The fraction of sp³-hybridized carbons (Fsp3) is 0.524. The van der Waals surface area contributed by atoms with Crippen molar-refractivity contribution in [2.45, 2.75) is 52.0 Å². The number of aromatic nitrogens is 1. The van der Waals surface area contributed by atoms with Gasteiger partial charge >= 0.3 is 0 Å². The first-order valence-electron chi connectivity index (χ1n) is 9.37. The van der Waals surface area contributed by atoms with Gasteiger partial charge in [-0.25, -0.2) is 0 Å². The summed E-state index contributed by atoms with van der Waals surface area (Å²) < 4.78 is 14.1. The van der Waals surface area contributed by atoms with Gasteiger partial charge < -0.3 is 14.0 Å². The van der Waals surface area contributed by atoms with Crippen molar-refractivity contribution < 1.29 is 9.47 Å². The quantitative estimate of drug-likeness (QED) is 0.774. The molecule has 24 heavy (non-hydrogen) atoms. The average molecular weight is 325 g/mol. The van der Waals surface area contributed by atoms with Crippen LogP contribution in [0.1, 0.15) is 44.2 Å². The molecule has 1 aliphatic carbocycles. The fourth-order valence-corrected chi connectivity index (χ4v) is 4.01. The molecule has 0 spiro atoms. The zero-order valence-corrected chi connectivity index (χ0v) is 14.6. The molecule has 128 valence electrons. The highest BCUT2D eigenvalue weighted by Gasteiger charge is 2.18. The van der Waals surface area contributed by atoms with Crippen LogP contribution in [0.15, 0.2) is 30.3 Å². The van der Waals surface area contributed by atoms with Crippen LogP contribution in [0.2, 0.25) is 0 Å². The maximum atomic E-state index is 5.87. The van der Waals surface area contributed by atoms with Gasteiger partial charge in [0.25, 0.3) is 0 Å². The standard InChI is InChI=1S/C21H27NO2/c1-16-8-10-19(22(16)15-17-6-3-2-4-7-17)18-9-11-20-21(14-18)24-13-5-12-23-20/h8-11,14,17H,2-7,12-13,15H2,1H3. The molecule has 3 nitrogen and oxygen atoms in total. The van der Waals surface area contributed by atoms with Crippen molar-refractivity contribution in [2.75, 3.05) is 13.2 Å². The lowest BCUT2D eigenvalue weighted by atomic mass is 9.89. The Morgan fingerprint density at radius 1 is 0.917 bits per heavy atom. The van der Waals surface area contributed by atoms with Gasteiger partial charge in [0, 0.05) is 29.9 Å². The molecule has 2 aliphatic rings. The molecule has 1 fully saturated rings. The normalized spacial score (nSPS) is 18.4. The second-order valence-electron chi connectivity index (χ2n) is 7.19. The minimum absolute atomic E-state index is 0.735. The van der Waals surface area contributed by atoms with Crippen molar-refractivity contribution in [3.63, 3.8) is 0 Å². The number of hydrogen-bond donors (Lipinski definition) is 0. The summed E-state index contributed by atoms with van der Waals surface area (Å²) in [5, 5.41) is 0. The molecule has 1 saturated carbocycles. The minimum atomic E-state index is 0.735. The number of benzene rings is 1. The Kier molecular flexibility index (Phi) is 4.50. The van der Waals surface area contributed by atoms with Gasteiger partial charge in [-0.1, -0.05) is 19.3 Å². The van der Waals surface area contributed by atoms with E-state index in [0.29, 0.717) is 0 Å². The second kappa shape index (κ2) is 6.92. The van der Waals surface area contributed by atoms with Gasteiger partial charge in [-0.15, -0.1) is 0 Å². The van der Waals surface area contributed by atoms with Crippen LogP contribution in [0, 0.1) is 12.8 Å². The molecule has 1 aromatic heterocycles. The van der Waals surface area contributed by atoms with E-state index in [4.69, 9.17) is 9.47 Å². The van der Waals surface area contributed by atoms with E-state index in [1.807, 2.05) is 0 Å². The van der Waals surface area contributed by atoms with Gasteiger partial charge in [0.2, 0.25) is 0 Å². The van der Waals surface area contributed by atoms with Crippen LogP contribution in [0.4, 0.5) is 0 Å².